The number of morpholine rings is 1. The van der Waals surface area contributed by atoms with E-state index in [4.69, 9.17) is 9.57 Å². The molecular formula is C72H141N9O8S. The Morgan fingerprint density at radius 3 is 0.967 bits per heavy atom. The number of pyridine rings is 1. The number of likely N-dealkylation sites (tertiary alicyclic amines) is 5. The first-order chi connectivity index (χ1) is 40.8. The third kappa shape index (κ3) is 32.9. The molecule has 0 aliphatic carbocycles. The van der Waals surface area contributed by atoms with Crippen molar-refractivity contribution < 1.29 is 32.4 Å². The number of rotatable bonds is 0. The zero-order chi connectivity index (χ0) is 69.5. The lowest BCUT2D eigenvalue weighted by atomic mass is 10.0. The summed E-state index contributed by atoms with van der Waals surface area (Å²) in [5.74, 6) is 1.05. The molecule has 0 saturated carbocycles. The third-order valence-electron chi connectivity index (χ3n) is 16.9. The lowest BCUT2D eigenvalue weighted by Crippen LogP contribution is -2.49. The van der Waals surface area contributed by atoms with Crippen LogP contribution in [0.15, 0.2) is 29.2 Å². The Kier molecular flexibility index (Phi) is 34.8. The van der Waals surface area contributed by atoms with Gasteiger partial charge < -0.3 is 19.1 Å². The van der Waals surface area contributed by atoms with Gasteiger partial charge in [0.25, 0.3) is 5.56 Å². The minimum atomic E-state index is -2.91. The van der Waals surface area contributed by atoms with Crippen LogP contribution in [-0.2, 0) is 39.5 Å². The molecule has 0 N–H and O–H groups in total. The topological polar surface area (TPSA) is 152 Å². The number of hydroxylamine groups is 2. The Morgan fingerprint density at radius 2 is 0.733 bits per heavy atom. The van der Waals surface area contributed by atoms with E-state index in [0.717, 1.165) is 71.5 Å². The molecule has 1 aromatic heterocycles. The van der Waals surface area contributed by atoms with E-state index in [1.807, 2.05) is 84.4 Å². The average Bonchev–Trinajstić information content (AvgIpc) is 1.98. The van der Waals surface area contributed by atoms with E-state index in [9.17, 15) is 27.6 Å². The highest BCUT2D eigenvalue weighted by molar-refractivity contribution is 7.89. The van der Waals surface area contributed by atoms with Crippen LogP contribution in [0.25, 0.3) is 0 Å². The average molecular weight is 1290 g/mol. The maximum atomic E-state index is 11.4. The van der Waals surface area contributed by atoms with E-state index < -0.39 is 10.0 Å². The Bertz CT molecular complexity index is 2320. The van der Waals surface area contributed by atoms with Crippen LogP contribution < -0.4 is 5.56 Å². The minimum absolute atomic E-state index is 0.0253. The third-order valence-corrected chi connectivity index (χ3v) is 19.1. The molecule has 0 unspecified atom stereocenters. The van der Waals surface area contributed by atoms with Crippen LogP contribution >= 0.6 is 0 Å². The van der Waals surface area contributed by atoms with E-state index in [0.29, 0.717) is 59.3 Å². The molecular weight excluding hydrogens is 1150 g/mol. The van der Waals surface area contributed by atoms with Crippen molar-refractivity contribution in [2.45, 2.75) is 320 Å². The fourth-order valence-corrected chi connectivity index (χ4v) is 13.3. The molecule has 9 heterocycles. The number of amides is 3. The van der Waals surface area contributed by atoms with E-state index in [1.54, 1.807) is 21.0 Å². The van der Waals surface area contributed by atoms with Gasteiger partial charge in [-0.1, -0.05) is 12.5 Å². The van der Waals surface area contributed by atoms with Crippen LogP contribution in [0, 0.1) is 0 Å². The number of hydrogen-bond donors (Lipinski definition) is 0. The molecule has 528 valence electrons. The number of nitrogens with zero attached hydrogens (tertiary/aromatic N) is 9. The van der Waals surface area contributed by atoms with Crippen molar-refractivity contribution in [1.82, 2.24) is 43.3 Å². The number of sulfonamides is 1. The standard InChI is InChI=1S/C9H17NO.C9H13NO.C9H19N.C8H17NO.C8H15NO.C8H17N.C7H15NO2S.C7H13NO2.C7H15N/c2*1-9(2,3)10-7-5-4-6-8(10)11;1-9(2,3)10-7-5-4-6-8-10;1-8(2,3)9-4-6-10-7-5-9;1-8(2,3)9-6-4-5-7(9)10;1-8(2,3)9-6-4-5-7-9;1-7(2,3)8-5-4-6-11(8,9)10;1-7(2,3)8-6(9)4-5-10-8;1-7(2,3)8-5-4-6-8/h4-7H2,1-3H3;4-7H,1-3H3;4-8H2,1-3H3;4-7H2,1-3H3;4-6H2,1-3H3;4-7H2,1-3H3;4-6H2,1-3H3;4-5H2,1-3H3;4-6H2,1-3H3. The lowest BCUT2D eigenvalue weighted by molar-refractivity contribution is -0.186. The van der Waals surface area contributed by atoms with Crippen molar-refractivity contribution in [3.05, 3.63) is 34.7 Å². The first-order valence-corrected chi connectivity index (χ1v) is 36.3. The van der Waals surface area contributed by atoms with Crippen molar-refractivity contribution >= 4 is 27.7 Å². The molecule has 3 amide bonds. The number of aromatic nitrogens is 1. The highest BCUT2D eigenvalue weighted by Crippen LogP contribution is 2.26. The van der Waals surface area contributed by atoms with E-state index in [1.165, 1.54) is 89.3 Å². The molecule has 0 atom stereocenters. The van der Waals surface area contributed by atoms with Gasteiger partial charge in [-0.15, -0.1) is 0 Å². The molecule has 0 radical (unpaired) electrons. The van der Waals surface area contributed by atoms with E-state index >= 15 is 0 Å². The van der Waals surface area contributed by atoms with Crippen LogP contribution in [0.2, 0.25) is 0 Å². The maximum absolute atomic E-state index is 11.4. The Labute approximate surface area is 553 Å². The summed E-state index contributed by atoms with van der Waals surface area (Å²) >= 11 is 0. The number of carbonyl (C=O) groups excluding carboxylic acids is 3. The molecule has 90 heavy (non-hydrogen) atoms. The zero-order valence-electron chi connectivity index (χ0n) is 63.3. The minimum Gasteiger partial charge on any atom is -0.379 e. The van der Waals surface area contributed by atoms with Gasteiger partial charge in [0.05, 0.1) is 37.5 Å². The van der Waals surface area contributed by atoms with Crippen LogP contribution in [0.3, 0.4) is 0 Å². The van der Waals surface area contributed by atoms with Gasteiger partial charge in [-0.05, 0) is 290 Å². The van der Waals surface area contributed by atoms with Gasteiger partial charge in [-0.2, -0.15) is 4.31 Å². The van der Waals surface area contributed by atoms with Crippen molar-refractivity contribution in [3.63, 3.8) is 0 Å². The van der Waals surface area contributed by atoms with Crippen LogP contribution in [0.4, 0.5) is 0 Å². The Hall–Kier alpha value is -2.97. The number of hydrogen-bond acceptors (Lipinski definition) is 12. The smallest absolute Gasteiger partial charge is 0.250 e. The molecule has 0 aromatic carbocycles. The second kappa shape index (κ2) is 36.8. The van der Waals surface area contributed by atoms with Gasteiger partial charge in [0.15, 0.2) is 0 Å². The monoisotopic (exact) mass is 1290 g/mol. The molecule has 8 saturated heterocycles. The normalized spacial score (nSPS) is 21.1. The first-order valence-electron chi connectivity index (χ1n) is 34.7. The predicted octanol–water partition coefficient (Wildman–Crippen LogP) is 13.3. The lowest BCUT2D eigenvalue weighted by Gasteiger charge is -2.42. The Balaban J connectivity index is 0.000000507. The summed E-state index contributed by atoms with van der Waals surface area (Å²) in [7, 11) is -2.91. The van der Waals surface area contributed by atoms with Crippen LogP contribution in [0.5, 0.6) is 0 Å². The predicted molar refractivity (Wildman–Crippen MR) is 378 cm³/mol. The van der Waals surface area contributed by atoms with Gasteiger partial charge >= 0.3 is 0 Å². The van der Waals surface area contributed by atoms with Crippen molar-refractivity contribution in [3.8, 4) is 0 Å². The highest BCUT2D eigenvalue weighted by Gasteiger charge is 2.37. The largest absolute Gasteiger partial charge is 0.379 e. The molecule has 8 aliphatic rings. The molecule has 9 rings (SSSR count). The summed E-state index contributed by atoms with van der Waals surface area (Å²) in [6.07, 6.45) is 16.3. The number of carbonyl (C=O) groups is 3. The van der Waals surface area contributed by atoms with Crippen LogP contribution in [-0.4, -0.2) is 211 Å². The van der Waals surface area contributed by atoms with Crippen LogP contribution in [0.1, 0.15) is 270 Å². The molecule has 0 spiro atoms. The number of ether oxygens (including phenoxy) is 1. The quantitative estimate of drug-likeness (QED) is 0.243. The highest BCUT2D eigenvalue weighted by atomic mass is 32.2. The Morgan fingerprint density at radius 1 is 0.344 bits per heavy atom. The number of piperidine rings is 2. The molecule has 18 heteroatoms. The molecule has 8 aliphatic heterocycles. The molecule has 17 nitrogen and oxygen atoms in total. The SMILES string of the molecule is CC(C)(C)N1CCC1.CC(C)(C)N1CCCC1.CC(C)(C)N1CCCC1=O.CC(C)(C)N1CCCCC1.CC(C)(C)N1CCCCC1=O.CC(C)(C)N1CCCS1(=O)=O.CC(C)(C)N1CCOCC1.CC(C)(C)N1OCCC1=O.CC(C)(C)n1ccccc1=O. The molecule has 1 aromatic rings. The van der Waals surface area contributed by atoms with Gasteiger partial charge in [0.2, 0.25) is 27.7 Å². The fraction of sp³-hybridized carbons (Fsp3) is 0.889. The zero-order valence-corrected chi connectivity index (χ0v) is 64.1. The first kappa shape index (κ1) is 85.0. The van der Waals surface area contributed by atoms with E-state index in [-0.39, 0.29) is 39.2 Å². The summed E-state index contributed by atoms with van der Waals surface area (Å²) in [4.78, 5) is 63.9. The van der Waals surface area contributed by atoms with Gasteiger partial charge in [0, 0.05) is 102 Å². The summed E-state index contributed by atoms with van der Waals surface area (Å²) < 4.78 is 31.2. The van der Waals surface area contributed by atoms with E-state index in [2.05, 4.69) is 144 Å². The summed E-state index contributed by atoms with van der Waals surface area (Å²) in [5, 5.41) is 1.45. The summed E-state index contributed by atoms with van der Waals surface area (Å²) in [5.41, 5.74) is 1.14. The van der Waals surface area contributed by atoms with Crippen molar-refractivity contribution in [2.24, 2.45) is 0 Å². The van der Waals surface area contributed by atoms with Gasteiger partial charge in [-0.25, -0.2) is 13.5 Å². The van der Waals surface area contributed by atoms with Gasteiger partial charge in [0.1, 0.15) is 0 Å². The molecule has 0 bridgehead atoms. The maximum Gasteiger partial charge on any atom is 0.250 e. The summed E-state index contributed by atoms with van der Waals surface area (Å²) in [6.45, 7) is 72.5. The second-order valence-electron chi connectivity index (χ2n) is 34.3. The van der Waals surface area contributed by atoms with Gasteiger partial charge in [-0.3, -0.25) is 43.6 Å². The molecule has 8 fully saturated rings. The van der Waals surface area contributed by atoms with Crippen molar-refractivity contribution in [2.75, 3.05) is 97.6 Å². The second-order valence-corrected chi connectivity index (χ2v) is 36.3. The summed E-state index contributed by atoms with van der Waals surface area (Å²) in [6, 6.07) is 5.20. The fourth-order valence-electron chi connectivity index (χ4n) is 11.4. The van der Waals surface area contributed by atoms with Crippen molar-refractivity contribution in [1.29, 1.82) is 0 Å².